The minimum Gasteiger partial charge on any atom is -0.277 e. The third kappa shape index (κ3) is 1.23. The van der Waals surface area contributed by atoms with Crippen LogP contribution in [-0.2, 0) is 10.0 Å². The van der Waals surface area contributed by atoms with E-state index in [2.05, 4.69) is 4.98 Å². The van der Waals surface area contributed by atoms with Crippen molar-refractivity contribution in [3.8, 4) is 0 Å². The Hall–Kier alpha value is -0.990. The normalized spacial score (nSPS) is 12.5. The molecule has 0 aliphatic heterocycles. The fourth-order valence-corrected chi connectivity index (χ4v) is 2.46. The largest absolute Gasteiger partial charge is 0.277 e. The van der Waals surface area contributed by atoms with Crippen LogP contribution in [0.5, 0.6) is 0 Å². The van der Waals surface area contributed by atoms with Crippen molar-refractivity contribution < 1.29 is 12.8 Å². The predicted octanol–water partition coefficient (Wildman–Crippen LogP) is 0.182. The standard InChI is InChI=1S/C5H4FN3O2S2/c6-3-4(13(7,10)11)9-1-2-12-5(9)8-3/h1-2H,(H2,7,10,11). The van der Waals surface area contributed by atoms with Crippen LogP contribution in [0.1, 0.15) is 0 Å². The van der Waals surface area contributed by atoms with Crippen LogP contribution in [0.25, 0.3) is 4.96 Å². The summed E-state index contributed by atoms with van der Waals surface area (Å²) < 4.78 is 35.9. The molecule has 0 fully saturated rings. The van der Waals surface area contributed by atoms with E-state index >= 15 is 0 Å². The highest BCUT2D eigenvalue weighted by Crippen LogP contribution is 2.18. The average molecular weight is 221 g/mol. The molecule has 0 saturated carbocycles. The summed E-state index contributed by atoms with van der Waals surface area (Å²) in [5.41, 5.74) is 0. The van der Waals surface area contributed by atoms with Crippen molar-refractivity contribution in [2.45, 2.75) is 5.03 Å². The molecule has 0 amide bonds. The number of nitrogens with zero attached hydrogens (tertiary/aromatic N) is 2. The van der Waals surface area contributed by atoms with Crippen LogP contribution in [0.15, 0.2) is 16.6 Å². The van der Waals surface area contributed by atoms with Gasteiger partial charge in [0.25, 0.3) is 16.0 Å². The van der Waals surface area contributed by atoms with E-state index in [0.29, 0.717) is 0 Å². The fourth-order valence-electron chi connectivity index (χ4n) is 0.993. The first-order valence-corrected chi connectivity index (χ1v) is 5.56. The lowest BCUT2D eigenvalue weighted by Crippen LogP contribution is -2.15. The van der Waals surface area contributed by atoms with Gasteiger partial charge < -0.3 is 0 Å². The van der Waals surface area contributed by atoms with E-state index in [9.17, 15) is 12.8 Å². The quantitative estimate of drug-likeness (QED) is 0.746. The number of sulfonamides is 1. The number of rotatable bonds is 1. The Labute approximate surface area is 76.7 Å². The number of fused-ring (bicyclic) bond motifs is 1. The minimum absolute atomic E-state index is 0.265. The predicted molar refractivity (Wildman–Crippen MR) is 44.4 cm³/mol. The Bertz CT molecular complexity index is 555. The van der Waals surface area contributed by atoms with Gasteiger partial charge in [-0.1, -0.05) is 0 Å². The molecule has 8 heteroatoms. The van der Waals surface area contributed by atoms with Crippen molar-refractivity contribution in [2.24, 2.45) is 5.14 Å². The first-order valence-electron chi connectivity index (χ1n) is 3.14. The zero-order valence-corrected chi connectivity index (χ0v) is 7.77. The van der Waals surface area contributed by atoms with Gasteiger partial charge in [-0.15, -0.1) is 11.3 Å². The SMILES string of the molecule is NS(=O)(=O)c1c(F)nc2sccn12. The molecule has 2 heterocycles. The summed E-state index contributed by atoms with van der Waals surface area (Å²) in [6.07, 6.45) is 1.40. The number of nitrogens with two attached hydrogens (primary N) is 1. The molecular formula is C5H4FN3O2S2. The number of imidazole rings is 1. The molecule has 0 atom stereocenters. The van der Waals surface area contributed by atoms with Crippen LogP contribution in [0.4, 0.5) is 4.39 Å². The maximum atomic E-state index is 12.9. The van der Waals surface area contributed by atoms with Gasteiger partial charge >= 0.3 is 0 Å². The van der Waals surface area contributed by atoms with E-state index in [0.717, 1.165) is 15.7 Å². The molecule has 2 aromatic rings. The zero-order chi connectivity index (χ0) is 9.64. The summed E-state index contributed by atoms with van der Waals surface area (Å²) in [7, 11) is -4.05. The van der Waals surface area contributed by atoms with Gasteiger partial charge in [0.2, 0.25) is 5.03 Å². The van der Waals surface area contributed by atoms with Gasteiger partial charge in [-0.05, 0) is 0 Å². The van der Waals surface area contributed by atoms with E-state index in [-0.39, 0.29) is 4.96 Å². The van der Waals surface area contributed by atoms with Crippen molar-refractivity contribution in [1.82, 2.24) is 9.38 Å². The summed E-state index contributed by atoms with van der Waals surface area (Å²) >= 11 is 1.13. The number of hydrogen-bond donors (Lipinski definition) is 1. The van der Waals surface area contributed by atoms with Crippen molar-refractivity contribution in [2.75, 3.05) is 0 Å². The molecular weight excluding hydrogens is 217 g/mol. The smallest absolute Gasteiger partial charge is 0.258 e. The van der Waals surface area contributed by atoms with Gasteiger partial charge in [-0.3, -0.25) is 4.40 Å². The third-order valence-electron chi connectivity index (χ3n) is 1.45. The van der Waals surface area contributed by atoms with Crippen LogP contribution in [0, 0.1) is 5.95 Å². The first-order chi connectivity index (χ1) is 6.00. The molecule has 5 nitrogen and oxygen atoms in total. The molecule has 0 aliphatic carbocycles. The van der Waals surface area contributed by atoms with Crippen LogP contribution >= 0.6 is 11.3 Å². The van der Waals surface area contributed by atoms with Crippen LogP contribution in [0.3, 0.4) is 0 Å². The summed E-state index contributed by atoms with van der Waals surface area (Å²) in [6.45, 7) is 0. The number of aromatic nitrogens is 2. The second-order valence-electron chi connectivity index (χ2n) is 2.31. The minimum atomic E-state index is -4.05. The highest BCUT2D eigenvalue weighted by Gasteiger charge is 2.22. The molecule has 2 rings (SSSR count). The van der Waals surface area contributed by atoms with Gasteiger partial charge in [0, 0.05) is 11.6 Å². The first kappa shape index (κ1) is 8.60. The van der Waals surface area contributed by atoms with Gasteiger partial charge in [0.05, 0.1) is 0 Å². The summed E-state index contributed by atoms with van der Waals surface area (Å²) in [5.74, 6) is -1.06. The zero-order valence-electron chi connectivity index (χ0n) is 6.14. The molecule has 13 heavy (non-hydrogen) atoms. The van der Waals surface area contributed by atoms with Crippen LogP contribution in [0.2, 0.25) is 0 Å². The lowest BCUT2D eigenvalue weighted by Gasteiger charge is -1.93. The van der Waals surface area contributed by atoms with E-state index in [1.807, 2.05) is 0 Å². The highest BCUT2D eigenvalue weighted by atomic mass is 32.2. The molecule has 0 unspecified atom stereocenters. The Morgan fingerprint density at radius 3 is 2.92 bits per heavy atom. The van der Waals surface area contributed by atoms with Crippen LogP contribution < -0.4 is 5.14 Å². The van der Waals surface area contributed by atoms with E-state index in [1.54, 1.807) is 5.38 Å². The number of halogens is 1. The Balaban J connectivity index is 2.94. The lowest BCUT2D eigenvalue weighted by atomic mass is 10.8. The molecule has 0 aliphatic rings. The maximum absolute atomic E-state index is 12.9. The number of hydrogen-bond acceptors (Lipinski definition) is 4. The van der Waals surface area contributed by atoms with Crippen LogP contribution in [-0.4, -0.2) is 17.8 Å². The van der Waals surface area contributed by atoms with Crippen molar-refractivity contribution in [1.29, 1.82) is 0 Å². The van der Waals surface area contributed by atoms with Crippen molar-refractivity contribution >= 4 is 26.3 Å². The van der Waals surface area contributed by atoms with Gasteiger partial charge in [-0.2, -0.15) is 9.37 Å². The van der Waals surface area contributed by atoms with E-state index < -0.39 is 21.0 Å². The van der Waals surface area contributed by atoms with E-state index in [1.165, 1.54) is 6.20 Å². The second kappa shape index (κ2) is 2.50. The molecule has 2 aromatic heterocycles. The summed E-state index contributed by atoms with van der Waals surface area (Å²) in [6, 6.07) is 0. The van der Waals surface area contributed by atoms with Gasteiger partial charge in [0.15, 0.2) is 4.96 Å². The van der Waals surface area contributed by atoms with Gasteiger partial charge in [-0.25, -0.2) is 13.6 Å². The lowest BCUT2D eigenvalue weighted by molar-refractivity contribution is 0.539. The van der Waals surface area contributed by atoms with Crippen molar-refractivity contribution in [3.05, 3.63) is 17.5 Å². The summed E-state index contributed by atoms with van der Waals surface area (Å²) in [4.78, 5) is 3.66. The molecule has 70 valence electrons. The molecule has 0 aromatic carbocycles. The Morgan fingerprint density at radius 1 is 1.62 bits per heavy atom. The third-order valence-corrected chi connectivity index (χ3v) is 3.11. The Morgan fingerprint density at radius 2 is 2.31 bits per heavy atom. The topological polar surface area (TPSA) is 77.5 Å². The summed E-state index contributed by atoms with van der Waals surface area (Å²) in [5, 5.41) is 5.80. The molecule has 2 N–H and O–H groups in total. The van der Waals surface area contributed by atoms with Gasteiger partial charge in [0.1, 0.15) is 0 Å². The second-order valence-corrected chi connectivity index (χ2v) is 4.66. The highest BCUT2D eigenvalue weighted by molar-refractivity contribution is 7.89. The molecule has 0 radical (unpaired) electrons. The number of thiazole rings is 1. The van der Waals surface area contributed by atoms with E-state index in [4.69, 9.17) is 5.14 Å². The average Bonchev–Trinajstić information content (AvgIpc) is 2.41. The fraction of sp³-hybridized carbons (Fsp3) is 0. The van der Waals surface area contributed by atoms with Crippen molar-refractivity contribution in [3.63, 3.8) is 0 Å². The monoisotopic (exact) mass is 221 g/mol. The molecule has 0 saturated heterocycles. The Kier molecular flexibility index (Phi) is 1.65. The number of primary sulfonamides is 1. The molecule has 0 spiro atoms. The maximum Gasteiger partial charge on any atom is 0.258 e. The molecule has 0 bridgehead atoms.